The highest BCUT2D eigenvalue weighted by molar-refractivity contribution is 7.15. The molecule has 2 heteroatoms. The Bertz CT molecular complexity index is 498. The van der Waals surface area contributed by atoms with Gasteiger partial charge in [-0.2, -0.15) is 0 Å². The maximum Gasteiger partial charge on any atom is 0.0387 e. The van der Waals surface area contributed by atoms with Crippen LogP contribution in [0, 0.1) is 0 Å². The molecule has 0 radical (unpaired) electrons. The lowest BCUT2D eigenvalue weighted by Gasteiger charge is -2.04. The first kappa shape index (κ1) is 14.3. The minimum atomic E-state index is 0.183. The normalized spacial score (nSPS) is 12.6. The molecule has 0 amide bonds. The second kappa shape index (κ2) is 6.88. The minimum absolute atomic E-state index is 0.183. The number of nitrogens with two attached hydrogens (primary N) is 1. The lowest BCUT2D eigenvalue weighted by atomic mass is 10.1. The van der Waals surface area contributed by atoms with Crippen molar-refractivity contribution in [2.24, 2.45) is 5.73 Å². The van der Waals surface area contributed by atoms with Crippen molar-refractivity contribution >= 4 is 11.3 Å². The van der Waals surface area contributed by atoms with Crippen molar-refractivity contribution in [3.05, 3.63) is 46.8 Å². The molecule has 2 N–H and O–H groups in total. The molecule has 0 saturated heterocycles. The molecule has 0 fully saturated rings. The molecule has 1 atom stereocenters. The van der Waals surface area contributed by atoms with E-state index in [2.05, 4.69) is 50.2 Å². The van der Waals surface area contributed by atoms with Crippen LogP contribution in [0.2, 0.25) is 0 Å². The van der Waals surface area contributed by atoms with Crippen molar-refractivity contribution in [3.8, 4) is 10.4 Å². The Labute approximate surface area is 120 Å². The van der Waals surface area contributed by atoms with Crippen molar-refractivity contribution in [1.29, 1.82) is 0 Å². The average molecular weight is 273 g/mol. The number of unbranched alkanes of at least 4 members (excludes halogenated alkanes) is 1. The van der Waals surface area contributed by atoms with E-state index in [1.54, 1.807) is 0 Å². The van der Waals surface area contributed by atoms with Crippen LogP contribution in [0.5, 0.6) is 0 Å². The van der Waals surface area contributed by atoms with Gasteiger partial charge in [0.05, 0.1) is 0 Å². The van der Waals surface area contributed by atoms with Crippen molar-refractivity contribution in [2.75, 3.05) is 0 Å². The summed E-state index contributed by atoms with van der Waals surface area (Å²) < 4.78 is 0. The topological polar surface area (TPSA) is 26.0 Å². The molecule has 0 saturated carbocycles. The largest absolute Gasteiger partial charge is 0.323 e. The number of hydrogen-bond acceptors (Lipinski definition) is 2. The Balaban J connectivity index is 2.11. The van der Waals surface area contributed by atoms with Gasteiger partial charge in [0.2, 0.25) is 0 Å². The summed E-state index contributed by atoms with van der Waals surface area (Å²) >= 11 is 1.82. The first-order valence-corrected chi connectivity index (χ1v) is 8.00. The minimum Gasteiger partial charge on any atom is -0.323 e. The predicted octanol–water partition coefficient (Wildman–Crippen LogP) is 5.17. The average Bonchev–Trinajstić information content (AvgIpc) is 2.94. The molecule has 0 spiro atoms. The van der Waals surface area contributed by atoms with Gasteiger partial charge in [0.1, 0.15) is 0 Å². The number of rotatable bonds is 6. The Kier molecular flexibility index (Phi) is 5.17. The maximum atomic E-state index is 6.08. The van der Waals surface area contributed by atoms with Crippen LogP contribution in [-0.2, 0) is 6.42 Å². The van der Waals surface area contributed by atoms with Gasteiger partial charge in [0.25, 0.3) is 0 Å². The Hall–Kier alpha value is -1.12. The van der Waals surface area contributed by atoms with Gasteiger partial charge < -0.3 is 5.73 Å². The third-order valence-corrected chi connectivity index (χ3v) is 4.76. The van der Waals surface area contributed by atoms with Crippen molar-refractivity contribution < 1.29 is 0 Å². The molecule has 1 aromatic carbocycles. The molecular weight excluding hydrogens is 250 g/mol. The smallest absolute Gasteiger partial charge is 0.0387 e. The molecule has 102 valence electrons. The molecule has 0 aliphatic rings. The van der Waals surface area contributed by atoms with E-state index in [1.807, 2.05) is 11.3 Å². The second-order valence-corrected chi connectivity index (χ2v) is 6.13. The van der Waals surface area contributed by atoms with Crippen LogP contribution < -0.4 is 5.73 Å². The zero-order valence-corrected chi connectivity index (χ0v) is 12.7. The molecule has 1 aromatic heterocycles. The highest BCUT2D eigenvalue weighted by atomic mass is 32.1. The number of hydrogen-bond donors (Lipinski definition) is 1. The Morgan fingerprint density at radius 2 is 1.79 bits per heavy atom. The second-order valence-electron chi connectivity index (χ2n) is 5.02. The van der Waals surface area contributed by atoms with Crippen molar-refractivity contribution in [1.82, 2.24) is 0 Å². The fourth-order valence-electron chi connectivity index (χ4n) is 2.13. The van der Waals surface area contributed by atoms with Crippen LogP contribution in [0.4, 0.5) is 0 Å². The maximum absolute atomic E-state index is 6.08. The van der Waals surface area contributed by atoms with Gasteiger partial charge in [-0.25, -0.2) is 0 Å². The Morgan fingerprint density at radius 3 is 2.42 bits per heavy atom. The summed E-state index contributed by atoms with van der Waals surface area (Å²) in [6.07, 6.45) is 4.71. The summed E-state index contributed by atoms with van der Waals surface area (Å²) in [5, 5.41) is 0. The predicted molar refractivity (Wildman–Crippen MR) is 85.6 cm³/mol. The third-order valence-electron chi connectivity index (χ3n) is 3.49. The van der Waals surface area contributed by atoms with Gasteiger partial charge in [-0.05, 0) is 42.5 Å². The van der Waals surface area contributed by atoms with Gasteiger partial charge >= 0.3 is 0 Å². The first-order chi connectivity index (χ1) is 9.24. The van der Waals surface area contributed by atoms with Crippen LogP contribution in [0.1, 0.15) is 49.6 Å². The lowest BCUT2D eigenvalue weighted by Crippen LogP contribution is -2.05. The van der Waals surface area contributed by atoms with E-state index in [0.29, 0.717) is 0 Å². The fourth-order valence-corrected chi connectivity index (χ4v) is 3.22. The van der Waals surface area contributed by atoms with E-state index < -0.39 is 0 Å². The van der Waals surface area contributed by atoms with Crippen LogP contribution >= 0.6 is 11.3 Å². The monoisotopic (exact) mass is 273 g/mol. The fraction of sp³-hybridized carbons (Fsp3) is 0.412. The standard InChI is InChI=1S/C17H23NS/c1-3-5-6-13-7-9-14(10-8-13)16-11-12-17(19-16)15(18)4-2/h7-12,15H,3-6,18H2,1-2H3. The molecule has 1 nitrogen and oxygen atoms in total. The first-order valence-electron chi connectivity index (χ1n) is 7.19. The summed E-state index contributed by atoms with van der Waals surface area (Å²) in [6.45, 7) is 4.37. The zero-order chi connectivity index (χ0) is 13.7. The van der Waals surface area contributed by atoms with E-state index in [1.165, 1.54) is 40.1 Å². The molecule has 2 aromatic rings. The number of benzene rings is 1. The van der Waals surface area contributed by atoms with Gasteiger partial charge in [0, 0.05) is 15.8 Å². The summed E-state index contributed by atoms with van der Waals surface area (Å²) in [7, 11) is 0. The highest BCUT2D eigenvalue weighted by Crippen LogP contribution is 2.31. The lowest BCUT2D eigenvalue weighted by molar-refractivity contribution is 0.712. The summed E-state index contributed by atoms with van der Waals surface area (Å²) in [5.41, 5.74) is 8.82. The highest BCUT2D eigenvalue weighted by Gasteiger charge is 2.08. The van der Waals surface area contributed by atoms with E-state index in [0.717, 1.165) is 6.42 Å². The van der Waals surface area contributed by atoms with Crippen LogP contribution in [0.25, 0.3) is 10.4 Å². The van der Waals surface area contributed by atoms with Gasteiger partial charge in [-0.15, -0.1) is 11.3 Å². The van der Waals surface area contributed by atoms with Crippen LogP contribution in [0.15, 0.2) is 36.4 Å². The summed E-state index contributed by atoms with van der Waals surface area (Å²) in [6, 6.07) is 13.5. The molecule has 0 bridgehead atoms. The number of aryl methyl sites for hydroxylation is 1. The molecule has 1 unspecified atom stereocenters. The molecule has 1 heterocycles. The number of thiophene rings is 1. The van der Waals surface area contributed by atoms with Crippen molar-refractivity contribution in [3.63, 3.8) is 0 Å². The van der Waals surface area contributed by atoms with Gasteiger partial charge in [-0.3, -0.25) is 0 Å². The van der Waals surface area contributed by atoms with Gasteiger partial charge in [0.15, 0.2) is 0 Å². The van der Waals surface area contributed by atoms with Gasteiger partial charge in [-0.1, -0.05) is 44.5 Å². The van der Waals surface area contributed by atoms with Crippen molar-refractivity contribution in [2.45, 2.75) is 45.6 Å². The van der Waals surface area contributed by atoms with E-state index >= 15 is 0 Å². The van der Waals surface area contributed by atoms with Crippen LogP contribution in [-0.4, -0.2) is 0 Å². The molecule has 19 heavy (non-hydrogen) atoms. The molecule has 0 aliphatic carbocycles. The van der Waals surface area contributed by atoms with E-state index in [9.17, 15) is 0 Å². The van der Waals surface area contributed by atoms with Crippen LogP contribution in [0.3, 0.4) is 0 Å². The zero-order valence-electron chi connectivity index (χ0n) is 11.9. The summed E-state index contributed by atoms with van der Waals surface area (Å²) in [4.78, 5) is 2.61. The molecular formula is C17H23NS. The summed E-state index contributed by atoms with van der Waals surface area (Å²) in [5.74, 6) is 0. The Morgan fingerprint density at radius 1 is 1.05 bits per heavy atom. The SMILES string of the molecule is CCCCc1ccc(-c2ccc(C(N)CC)s2)cc1. The van der Waals surface area contributed by atoms with E-state index in [-0.39, 0.29) is 6.04 Å². The quantitative estimate of drug-likeness (QED) is 0.772. The third kappa shape index (κ3) is 3.68. The molecule has 0 aliphatic heterocycles. The van der Waals surface area contributed by atoms with E-state index in [4.69, 9.17) is 5.73 Å². The molecule has 2 rings (SSSR count).